The first-order valence-electron chi connectivity index (χ1n) is 14.0. The molecular weight excluding hydrogens is 504 g/mol. The number of rotatable bonds is 9. The van der Waals surface area contributed by atoms with Crippen LogP contribution in [-0.2, 0) is 4.79 Å². The van der Waals surface area contributed by atoms with E-state index in [1.54, 1.807) is 24.4 Å². The Morgan fingerprint density at radius 1 is 0.875 bits per heavy atom. The highest BCUT2D eigenvalue weighted by Crippen LogP contribution is 2.30. The van der Waals surface area contributed by atoms with Crippen molar-refractivity contribution in [3.05, 3.63) is 83.7 Å². The zero-order chi connectivity index (χ0) is 27.9. The molecule has 3 amide bonds. The molecule has 0 radical (unpaired) electrons. The molecule has 40 heavy (non-hydrogen) atoms. The lowest BCUT2D eigenvalue weighted by Gasteiger charge is -2.38. The van der Waals surface area contributed by atoms with Crippen molar-refractivity contribution in [3.8, 4) is 0 Å². The van der Waals surface area contributed by atoms with Gasteiger partial charge in [-0.3, -0.25) is 19.4 Å². The number of pyridine rings is 1. The van der Waals surface area contributed by atoms with Crippen LogP contribution in [0.2, 0.25) is 0 Å². The molecule has 1 aromatic heterocycles. The van der Waals surface area contributed by atoms with Crippen molar-refractivity contribution in [2.24, 2.45) is 0 Å². The quantitative estimate of drug-likeness (QED) is 0.402. The summed E-state index contributed by atoms with van der Waals surface area (Å²) >= 11 is 0. The lowest BCUT2D eigenvalue weighted by molar-refractivity contribution is -0.127. The topological polar surface area (TPSA) is 97.9 Å². The molecule has 2 aromatic carbocycles. The van der Waals surface area contributed by atoms with Gasteiger partial charge in [-0.25, -0.2) is 0 Å². The zero-order valence-electron chi connectivity index (χ0n) is 22.9. The van der Waals surface area contributed by atoms with Crippen LogP contribution in [0.5, 0.6) is 0 Å². The zero-order valence-corrected chi connectivity index (χ0v) is 22.9. The summed E-state index contributed by atoms with van der Waals surface area (Å²) in [5, 5.41) is 5.98. The van der Waals surface area contributed by atoms with Gasteiger partial charge in [0, 0.05) is 75.9 Å². The van der Waals surface area contributed by atoms with Gasteiger partial charge in [0.1, 0.15) is 0 Å². The van der Waals surface area contributed by atoms with Crippen molar-refractivity contribution in [2.75, 3.05) is 60.9 Å². The number of hydrogen-bond donors (Lipinski definition) is 2. The minimum absolute atomic E-state index is 0.190. The smallest absolute Gasteiger partial charge is 0.257 e. The molecule has 208 valence electrons. The molecule has 0 aliphatic carbocycles. The second-order valence-corrected chi connectivity index (χ2v) is 10.3. The third-order valence-corrected chi connectivity index (χ3v) is 7.57. The number of piperazine rings is 1. The predicted octanol–water partition coefficient (Wildman–Crippen LogP) is 3.71. The van der Waals surface area contributed by atoms with Crippen LogP contribution in [0.4, 0.5) is 17.1 Å². The van der Waals surface area contributed by atoms with Crippen LogP contribution in [0, 0.1) is 6.92 Å². The van der Waals surface area contributed by atoms with Crippen LogP contribution < -0.4 is 20.4 Å². The van der Waals surface area contributed by atoms with Gasteiger partial charge >= 0.3 is 0 Å². The molecule has 9 heteroatoms. The second-order valence-electron chi connectivity index (χ2n) is 10.3. The van der Waals surface area contributed by atoms with Crippen molar-refractivity contribution in [2.45, 2.75) is 26.2 Å². The largest absolute Gasteiger partial charge is 0.368 e. The molecule has 0 spiro atoms. The van der Waals surface area contributed by atoms with E-state index in [0.717, 1.165) is 44.8 Å². The van der Waals surface area contributed by atoms with Gasteiger partial charge in [0.25, 0.3) is 11.8 Å². The molecule has 2 saturated heterocycles. The Labute approximate surface area is 235 Å². The number of carbonyl (C=O) groups excluding carboxylic acids is 3. The number of nitrogens with one attached hydrogen (secondary N) is 2. The molecule has 3 heterocycles. The van der Waals surface area contributed by atoms with Gasteiger partial charge < -0.3 is 25.3 Å². The Hall–Kier alpha value is -4.40. The van der Waals surface area contributed by atoms with E-state index in [4.69, 9.17) is 0 Å². The Morgan fingerprint density at radius 3 is 2.35 bits per heavy atom. The van der Waals surface area contributed by atoms with E-state index < -0.39 is 0 Å². The molecule has 0 atom stereocenters. The molecule has 0 unspecified atom stereocenters. The minimum atomic E-state index is -0.277. The van der Waals surface area contributed by atoms with Gasteiger partial charge in [0.2, 0.25) is 5.91 Å². The van der Waals surface area contributed by atoms with Crippen LogP contribution in [0.25, 0.3) is 0 Å². The molecule has 0 saturated carbocycles. The van der Waals surface area contributed by atoms with E-state index in [9.17, 15) is 14.4 Å². The summed E-state index contributed by atoms with van der Waals surface area (Å²) in [6, 6.07) is 17.3. The van der Waals surface area contributed by atoms with E-state index >= 15 is 0 Å². The molecule has 2 aliphatic rings. The molecule has 5 rings (SSSR count). The number of benzene rings is 2. The molecular formula is C31H36N6O3. The maximum Gasteiger partial charge on any atom is 0.257 e. The van der Waals surface area contributed by atoms with Crippen LogP contribution in [0.15, 0.2) is 67.0 Å². The van der Waals surface area contributed by atoms with Gasteiger partial charge in [-0.1, -0.05) is 18.2 Å². The Kier molecular flexibility index (Phi) is 8.59. The fourth-order valence-electron chi connectivity index (χ4n) is 5.37. The number of hydrogen-bond acceptors (Lipinski definition) is 6. The maximum atomic E-state index is 13.1. The number of aromatic nitrogens is 1. The van der Waals surface area contributed by atoms with E-state index in [0.29, 0.717) is 42.7 Å². The lowest BCUT2D eigenvalue weighted by Crippen LogP contribution is -2.47. The fraction of sp³-hybridized carbons (Fsp3) is 0.355. The average molecular weight is 541 g/mol. The third-order valence-electron chi connectivity index (χ3n) is 7.57. The second kappa shape index (κ2) is 12.6. The summed E-state index contributed by atoms with van der Waals surface area (Å²) in [5.74, 6) is -0.295. The standard InChI is InChI=1S/C31H36N6O3/c1-23-7-2-3-9-27(23)35-17-19-36(20-18-35)28-12-11-24(21-26(28)34-31(40)25-8-4-13-32-22-25)30(39)33-14-6-16-37-15-5-10-29(37)38/h2-4,7-9,11-13,21-22H,5-6,10,14-20H2,1H3,(H,33,39)(H,34,40). The summed E-state index contributed by atoms with van der Waals surface area (Å²) in [4.78, 5) is 48.4. The highest BCUT2D eigenvalue weighted by Gasteiger charge is 2.23. The highest BCUT2D eigenvalue weighted by atomic mass is 16.2. The van der Waals surface area contributed by atoms with E-state index in [1.165, 1.54) is 17.4 Å². The molecule has 2 aliphatic heterocycles. The first-order valence-corrected chi connectivity index (χ1v) is 14.0. The summed E-state index contributed by atoms with van der Waals surface area (Å²) < 4.78 is 0. The van der Waals surface area contributed by atoms with Crippen LogP contribution >= 0.6 is 0 Å². The van der Waals surface area contributed by atoms with Crippen LogP contribution in [-0.4, -0.2) is 73.4 Å². The molecule has 0 bridgehead atoms. The Morgan fingerprint density at radius 2 is 1.65 bits per heavy atom. The number of para-hydroxylation sites is 1. The molecule has 3 aromatic rings. The SMILES string of the molecule is Cc1ccccc1N1CCN(c2ccc(C(=O)NCCCN3CCCC3=O)cc2NC(=O)c2cccnc2)CC1. The summed E-state index contributed by atoms with van der Waals surface area (Å²) in [6.45, 7) is 7.32. The lowest BCUT2D eigenvalue weighted by atomic mass is 10.1. The van der Waals surface area contributed by atoms with Crippen LogP contribution in [0.3, 0.4) is 0 Å². The number of aryl methyl sites for hydroxylation is 1. The van der Waals surface area contributed by atoms with Gasteiger partial charge in [-0.15, -0.1) is 0 Å². The molecule has 2 N–H and O–H groups in total. The molecule has 2 fully saturated rings. The summed E-state index contributed by atoms with van der Waals surface area (Å²) in [6.07, 6.45) is 5.38. The van der Waals surface area contributed by atoms with Crippen molar-refractivity contribution >= 4 is 34.8 Å². The fourth-order valence-corrected chi connectivity index (χ4v) is 5.37. The van der Waals surface area contributed by atoms with E-state index in [2.05, 4.69) is 56.6 Å². The number of anilines is 3. The summed E-state index contributed by atoms with van der Waals surface area (Å²) in [7, 11) is 0. The Balaban J connectivity index is 1.28. The summed E-state index contributed by atoms with van der Waals surface area (Å²) in [5.41, 5.74) is 4.89. The number of likely N-dealkylation sites (tertiary alicyclic amines) is 1. The van der Waals surface area contributed by atoms with Crippen molar-refractivity contribution in [1.82, 2.24) is 15.2 Å². The highest BCUT2D eigenvalue weighted by molar-refractivity contribution is 6.07. The van der Waals surface area contributed by atoms with E-state index in [1.807, 2.05) is 17.0 Å². The van der Waals surface area contributed by atoms with Gasteiger partial charge in [0.05, 0.1) is 16.9 Å². The van der Waals surface area contributed by atoms with Gasteiger partial charge in [-0.05, 0) is 61.7 Å². The van der Waals surface area contributed by atoms with Crippen molar-refractivity contribution < 1.29 is 14.4 Å². The third kappa shape index (κ3) is 6.42. The normalized spacial score (nSPS) is 15.3. The van der Waals surface area contributed by atoms with Crippen LogP contribution in [0.1, 0.15) is 45.5 Å². The van der Waals surface area contributed by atoms with Crippen molar-refractivity contribution in [3.63, 3.8) is 0 Å². The van der Waals surface area contributed by atoms with E-state index in [-0.39, 0.29) is 17.7 Å². The first kappa shape index (κ1) is 27.2. The van der Waals surface area contributed by atoms with Gasteiger partial charge in [0.15, 0.2) is 0 Å². The Bertz CT molecular complexity index is 1350. The number of nitrogens with zero attached hydrogens (tertiary/aromatic N) is 4. The molecule has 9 nitrogen and oxygen atoms in total. The first-order chi connectivity index (χ1) is 19.5. The predicted molar refractivity (Wildman–Crippen MR) is 157 cm³/mol. The average Bonchev–Trinajstić information content (AvgIpc) is 3.40. The number of carbonyl (C=O) groups is 3. The van der Waals surface area contributed by atoms with Crippen molar-refractivity contribution in [1.29, 1.82) is 0 Å². The minimum Gasteiger partial charge on any atom is -0.368 e. The number of amides is 3. The maximum absolute atomic E-state index is 13.1. The van der Waals surface area contributed by atoms with Gasteiger partial charge in [-0.2, -0.15) is 0 Å². The monoisotopic (exact) mass is 540 g/mol.